The van der Waals surface area contributed by atoms with Gasteiger partial charge in [-0.3, -0.25) is 19.6 Å². The fraction of sp³-hybridized carbons (Fsp3) is 0.0769. The molecule has 0 saturated heterocycles. The van der Waals surface area contributed by atoms with Gasteiger partial charge in [-0.2, -0.15) is 0 Å². The van der Waals surface area contributed by atoms with E-state index in [1.54, 1.807) is 62.4 Å². The molecular formula is C26H22ClN3O6S3. The third-order valence-corrected chi connectivity index (χ3v) is 9.51. The molecule has 202 valence electrons. The van der Waals surface area contributed by atoms with Crippen LogP contribution in [0.3, 0.4) is 0 Å². The molecule has 0 aliphatic carbocycles. The van der Waals surface area contributed by atoms with Crippen molar-refractivity contribution in [2.75, 3.05) is 9.44 Å². The summed E-state index contributed by atoms with van der Waals surface area (Å²) in [5, 5.41) is 12.4. The number of nitro groups is 1. The summed E-state index contributed by atoms with van der Waals surface area (Å²) < 4.78 is 57.5. The van der Waals surface area contributed by atoms with Crippen molar-refractivity contribution in [3.05, 3.63) is 111 Å². The van der Waals surface area contributed by atoms with Crippen LogP contribution < -0.4 is 9.44 Å². The molecule has 0 saturated carbocycles. The third kappa shape index (κ3) is 6.90. The van der Waals surface area contributed by atoms with Gasteiger partial charge in [0.05, 0.1) is 31.0 Å². The monoisotopic (exact) mass is 603 g/mol. The minimum atomic E-state index is -4.23. The summed E-state index contributed by atoms with van der Waals surface area (Å²) in [6.07, 6.45) is 0. The summed E-state index contributed by atoms with van der Waals surface area (Å²) in [7, 11) is -8.42. The summed E-state index contributed by atoms with van der Waals surface area (Å²) in [6, 6.07) is 20.8. The van der Waals surface area contributed by atoms with E-state index in [1.807, 2.05) is 0 Å². The second-order valence-electron chi connectivity index (χ2n) is 8.52. The number of nitro benzene ring substituents is 1. The lowest BCUT2D eigenvalue weighted by Gasteiger charge is -2.16. The fourth-order valence-electron chi connectivity index (χ4n) is 3.46. The van der Waals surface area contributed by atoms with Gasteiger partial charge >= 0.3 is 0 Å². The van der Waals surface area contributed by atoms with E-state index in [4.69, 9.17) is 11.6 Å². The molecule has 0 aromatic heterocycles. The van der Waals surface area contributed by atoms with E-state index >= 15 is 0 Å². The first kappa shape index (κ1) is 28.4. The highest BCUT2D eigenvalue weighted by atomic mass is 35.5. The molecule has 4 aromatic rings. The number of benzene rings is 4. The minimum Gasteiger partial charge on any atom is -0.277 e. The SMILES string of the molecule is Cc1ccc(S(=O)(=O)Nc2cc(Sc3cccc(Cl)c3)c([N+](=O)[O-])cc2NS(=O)(=O)c2ccc(C)cc2)cc1. The van der Waals surface area contributed by atoms with E-state index in [0.717, 1.165) is 29.0 Å². The number of hydrogen-bond acceptors (Lipinski definition) is 7. The van der Waals surface area contributed by atoms with Gasteiger partial charge in [0.1, 0.15) is 0 Å². The van der Waals surface area contributed by atoms with Crippen LogP contribution in [0.25, 0.3) is 0 Å². The molecule has 4 rings (SSSR count). The average Bonchev–Trinajstić information content (AvgIpc) is 2.85. The highest BCUT2D eigenvalue weighted by molar-refractivity contribution is 7.99. The highest BCUT2D eigenvalue weighted by Gasteiger charge is 2.26. The van der Waals surface area contributed by atoms with Gasteiger partial charge in [-0.1, -0.05) is 64.8 Å². The van der Waals surface area contributed by atoms with Crippen molar-refractivity contribution >= 4 is 60.5 Å². The van der Waals surface area contributed by atoms with Crippen molar-refractivity contribution in [2.24, 2.45) is 0 Å². The quantitative estimate of drug-likeness (QED) is 0.162. The molecular weight excluding hydrogens is 582 g/mol. The summed E-state index contributed by atoms with van der Waals surface area (Å²) in [5.74, 6) is 0. The second-order valence-corrected chi connectivity index (χ2v) is 13.4. The molecule has 4 aromatic carbocycles. The highest BCUT2D eigenvalue weighted by Crippen LogP contribution is 2.42. The molecule has 0 fully saturated rings. The molecule has 13 heteroatoms. The summed E-state index contributed by atoms with van der Waals surface area (Å²) in [4.78, 5) is 11.8. The van der Waals surface area contributed by atoms with Crippen LogP contribution in [0, 0.1) is 24.0 Å². The number of nitrogens with one attached hydrogen (secondary N) is 2. The number of sulfonamides is 2. The Morgan fingerprint density at radius 3 is 1.69 bits per heavy atom. The van der Waals surface area contributed by atoms with E-state index in [9.17, 15) is 26.9 Å². The van der Waals surface area contributed by atoms with Gasteiger partial charge in [0.2, 0.25) is 0 Å². The van der Waals surface area contributed by atoms with Crippen molar-refractivity contribution in [1.82, 2.24) is 0 Å². The van der Waals surface area contributed by atoms with Crippen molar-refractivity contribution < 1.29 is 21.8 Å². The first-order chi connectivity index (χ1) is 18.3. The Bertz CT molecular complexity index is 1760. The van der Waals surface area contributed by atoms with Gasteiger partial charge < -0.3 is 0 Å². The molecule has 0 heterocycles. The Morgan fingerprint density at radius 2 is 1.23 bits per heavy atom. The maximum absolute atomic E-state index is 13.2. The van der Waals surface area contributed by atoms with Crippen LogP contribution >= 0.6 is 23.4 Å². The van der Waals surface area contributed by atoms with Crippen LogP contribution in [0.15, 0.2) is 105 Å². The number of halogens is 1. The molecule has 0 unspecified atom stereocenters. The van der Waals surface area contributed by atoms with Crippen molar-refractivity contribution in [2.45, 2.75) is 33.4 Å². The second kappa shape index (κ2) is 11.3. The van der Waals surface area contributed by atoms with Gasteiger partial charge in [0.15, 0.2) is 0 Å². The summed E-state index contributed by atoms with van der Waals surface area (Å²) in [6.45, 7) is 3.60. The summed E-state index contributed by atoms with van der Waals surface area (Å²) >= 11 is 7.04. The number of hydrogen-bond donors (Lipinski definition) is 2. The predicted molar refractivity (Wildman–Crippen MR) is 153 cm³/mol. The van der Waals surface area contributed by atoms with Crippen molar-refractivity contribution in [3.8, 4) is 0 Å². The lowest BCUT2D eigenvalue weighted by Crippen LogP contribution is -2.18. The van der Waals surface area contributed by atoms with Crippen LogP contribution in [0.4, 0.5) is 17.1 Å². The van der Waals surface area contributed by atoms with E-state index < -0.39 is 30.7 Å². The van der Waals surface area contributed by atoms with Gasteiger partial charge in [0, 0.05) is 16.0 Å². The molecule has 0 aliphatic heterocycles. The Hall–Kier alpha value is -3.58. The topological polar surface area (TPSA) is 135 Å². The Balaban J connectivity index is 1.85. The maximum Gasteiger partial charge on any atom is 0.285 e. The molecule has 0 aliphatic rings. The lowest BCUT2D eigenvalue weighted by molar-refractivity contribution is -0.387. The molecule has 0 bridgehead atoms. The van der Waals surface area contributed by atoms with Crippen LogP contribution in [-0.2, 0) is 20.0 Å². The lowest BCUT2D eigenvalue weighted by atomic mass is 10.2. The summed E-state index contributed by atoms with van der Waals surface area (Å²) in [5.41, 5.74) is 0.740. The van der Waals surface area contributed by atoms with Gasteiger partial charge in [-0.05, 0) is 62.4 Å². The largest absolute Gasteiger partial charge is 0.285 e. The van der Waals surface area contributed by atoms with Crippen LogP contribution in [0.1, 0.15) is 11.1 Å². The number of anilines is 2. The van der Waals surface area contributed by atoms with Crippen molar-refractivity contribution in [3.63, 3.8) is 0 Å². The normalized spacial score (nSPS) is 11.7. The van der Waals surface area contributed by atoms with Gasteiger partial charge in [-0.25, -0.2) is 16.8 Å². The van der Waals surface area contributed by atoms with Crippen LogP contribution in [-0.4, -0.2) is 21.8 Å². The van der Waals surface area contributed by atoms with Gasteiger partial charge in [0.25, 0.3) is 25.7 Å². The van der Waals surface area contributed by atoms with Crippen molar-refractivity contribution in [1.29, 1.82) is 0 Å². The Morgan fingerprint density at radius 1 is 0.744 bits per heavy atom. The van der Waals surface area contributed by atoms with E-state index in [-0.39, 0.29) is 26.1 Å². The van der Waals surface area contributed by atoms with E-state index in [2.05, 4.69) is 9.44 Å². The fourth-order valence-corrected chi connectivity index (χ4v) is 6.86. The zero-order valence-electron chi connectivity index (χ0n) is 20.6. The molecule has 0 amide bonds. The Labute approximate surface area is 235 Å². The number of aryl methyl sites for hydroxylation is 2. The predicted octanol–water partition coefficient (Wildman–Crippen LogP) is 6.62. The molecule has 0 radical (unpaired) electrons. The number of nitrogens with zero attached hydrogens (tertiary/aromatic N) is 1. The molecule has 39 heavy (non-hydrogen) atoms. The standard InChI is InChI=1S/C26H22ClN3O6S3/c1-17-6-10-21(11-7-17)38(33,34)28-23-15-25(30(31)32)26(37-20-5-3-4-19(27)14-20)16-24(23)29-39(35,36)22-12-8-18(2)9-13-22/h3-16,28-29H,1-2H3. The van der Waals surface area contributed by atoms with Crippen LogP contribution in [0.5, 0.6) is 0 Å². The molecule has 0 spiro atoms. The Kier molecular flexibility index (Phi) is 8.21. The first-order valence-electron chi connectivity index (χ1n) is 11.3. The zero-order chi connectivity index (χ0) is 28.4. The number of rotatable bonds is 9. The minimum absolute atomic E-state index is 0.0668. The maximum atomic E-state index is 13.2. The molecule has 2 N–H and O–H groups in total. The van der Waals surface area contributed by atoms with Gasteiger partial charge in [-0.15, -0.1) is 0 Å². The first-order valence-corrected chi connectivity index (χ1v) is 15.4. The molecule has 9 nitrogen and oxygen atoms in total. The zero-order valence-corrected chi connectivity index (χ0v) is 23.8. The third-order valence-electron chi connectivity index (χ3n) is 5.47. The van der Waals surface area contributed by atoms with E-state index in [0.29, 0.717) is 9.92 Å². The smallest absolute Gasteiger partial charge is 0.277 e. The van der Waals surface area contributed by atoms with Crippen LogP contribution in [0.2, 0.25) is 5.02 Å². The van der Waals surface area contributed by atoms with E-state index in [1.165, 1.54) is 30.3 Å². The molecule has 0 atom stereocenters. The average molecular weight is 604 g/mol.